The van der Waals surface area contributed by atoms with Crippen molar-refractivity contribution in [1.29, 1.82) is 0 Å². The number of hydrogen-bond acceptors (Lipinski definition) is 0. The van der Waals surface area contributed by atoms with E-state index in [4.69, 9.17) is 0 Å². The van der Waals surface area contributed by atoms with Crippen LogP contribution in [-0.2, 0) is 0 Å². The molecule has 25 heavy (non-hydrogen) atoms. The molecule has 1 nitrogen and oxygen atoms in total. The molecule has 2 aromatic rings. The monoisotopic (exact) mass is 332 g/mol. The first kappa shape index (κ1) is 17.7. The maximum atomic E-state index is 2.56. The second-order valence-electron chi connectivity index (χ2n) is 7.49. The van der Waals surface area contributed by atoms with Crippen molar-refractivity contribution >= 4 is 11.8 Å². The van der Waals surface area contributed by atoms with Crippen LogP contribution in [0.2, 0.25) is 0 Å². The van der Waals surface area contributed by atoms with Crippen LogP contribution in [0.3, 0.4) is 0 Å². The Labute approximate surface area is 152 Å². The molecule has 0 N–H and O–H groups in total. The molecular formula is C24H30N+. The van der Waals surface area contributed by atoms with Crippen molar-refractivity contribution in [2.75, 3.05) is 6.54 Å². The normalized spacial score (nSPS) is 16.9. The van der Waals surface area contributed by atoms with Gasteiger partial charge in [0.25, 0.3) is 0 Å². The third-order valence-electron chi connectivity index (χ3n) is 5.06. The molecule has 0 aliphatic carbocycles. The average molecular weight is 333 g/mol. The van der Waals surface area contributed by atoms with Gasteiger partial charge in [0.15, 0.2) is 12.3 Å². The predicted molar refractivity (Wildman–Crippen MR) is 109 cm³/mol. The Morgan fingerprint density at radius 1 is 1.04 bits per heavy atom. The summed E-state index contributed by atoms with van der Waals surface area (Å²) in [5.41, 5.74) is 6.69. The van der Waals surface area contributed by atoms with E-state index in [1.807, 2.05) is 0 Å². The van der Waals surface area contributed by atoms with Crippen LogP contribution in [-0.4, -0.2) is 23.4 Å². The summed E-state index contributed by atoms with van der Waals surface area (Å²) in [6.07, 6.45) is 7.35. The molecule has 1 unspecified atom stereocenters. The predicted octanol–water partition coefficient (Wildman–Crippen LogP) is 5.70. The van der Waals surface area contributed by atoms with Crippen molar-refractivity contribution in [2.45, 2.75) is 46.6 Å². The molecule has 0 amide bonds. The van der Waals surface area contributed by atoms with Crippen LogP contribution < -0.4 is 0 Å². The molecule has 1 atom stereocenters. The third-order valence-corrected chi connectivity index (χ3v) is 5.06. The first-order valence-corrected chi connectivity index (χ1v) is 9.59. The number of nitrogens with zero attached hydrogens (tertiary/aromatic N) is 1. The van der Waals surface area contributed by atoms with Crippen molar-refractivity contribution in [3.8, 4) is 0 Å². The van der Waals surface area contributed by atoms with E-state index < -0.39 is 0 Å². The number of unbranched alkanes of at least 4 members (excludes halogenated alkanes) is 1. The van der Waals surface area contributed by atoms with Crippen molar-refractivity contribution in [3.63, 3.8) is 0 Å². The molecule has 0 aromatic heterocycles. The summed E-state index contributed by atoms with van der Waals surface area (Å²) >= 11 is 0. The molecular weight excluding hydrogens is 302 g/mol. The average Bonchev–Trinajstić information content (AvgIpc) is 2.77. The van der Waals surface area contributed by atoms with Gasteiger partial charge in [-0.15, -0.1) is 0 Å². The maximum absolute atomic E-state index is 2.56. The van der Waals surface area contributed by atoms with Crippen LogP contribution >= 0.6 is 0 Å². The lowest BCUT2D eigenvalue weighted by Gasteiger charge is -2.16. The van der Waals surface area contributed by atoms with Gasteiger partial charge in [-0.25, -0.2) is 4.58 Å². The molecule has 130 valence electrons. The van der Waals surface area contributed by atoms with Gasteiger partial charge < -0.3 is 0 Å². The number of hydrogen-bond donors (Lipinski definition) is 0. The minimum atomic E-state index is 0.425. The van der Waals surface area contributed by atoms with E-state index in [1.54, 1.807) is 0 Å². The molecule has 1 aliphatic rings. The number of fused-ring (bicyclic) bond motifs is 1. The van der Waals surface area contributed by atoms with E-state index in [1.165, 1.54) is 40.7 Å². The minimum Gasteiger partial charge on any atom is -0.229 e. The molecule has 1 aliphatic heterocycles. The van der Waals surface area contributed by atoms with Crippen LogP contribution in [0.1, 0.15) is 55.9 Å². The SMILES string of the molecule is CCCC[N+]1=Cc2cc(C)ccc2C(c2ccccc2)=CC1C(C)C. The van der Waals surface area contributed by atoms with Gasteiger partial charge in [0.05, 0.1) is 0 Å². The van der Waals surface area contributed by atoms with Gasteiger partial charge in [-0.3, -0.25) is 0 Å². The molecule has 1 heteroatoms. The first-order chi connectivity index (χ1) is 12.1. The quantitative estimate of drug-likeness (QED) is 0.618. The molecule has 0 bridgehead atoms. The summed E-state index contributed by atoms with van der Waals surface area (Å²) in [7, 11) is 0. The van der Waals surface area contributed by atoms with Gasteiger partial charge in [0.2, 0.25) is 0 Å². The minimum absolute atomic E-state index is 0.425. The molecule has 0 saturated carbocycles. The van der Waals surface area contributed by atoms with Gasteiger partial charge >= 0.3 is 0 Å². The Morgan fingerprint density at radius 3 is 2.48 bits per heavy atom. The van der Waals surface area contributed by atoms with E-state index in [0.717, 1.165) is 6.54 Å². The Balaban J connectivity index is 2.19. The highest BCUT2D eigenvalue weighted by Gasteiger charge is 2.27. The van der Waals surface area contributed by atoms with Gasteiger partial charge in [0.1, 0.15) is 6.54 Å². The van der Waals surface area contributed by atoms with Crippen LogP contribution in [0.5, 0.6) is 0 Å². The van der Waals surface area contributed by atoms with Gasteiger partial charge in [0, 0.05) is 17.9 Å². The molecule has 3 rings (SSSR count). The van der Waals surface area contributed by atoms with Crippen molar-refractivity contribution in [1.82, 2.24) is 0 Å². The fraction of sp³-hybridized carbons (Fsp3) is 0.375. The number of aryl methyl sites for hydroxylation is 1. The number of benzene rings is 2. The van der Waals surface area contributed by atoms with E-state index in [-0.39, 0.29) is 0 Å². The van der Waals surface area contributed by atoms with Gasteiger partial charge in [-0.1, -0.05) is 75.2 Å². The Morgan fingerprint density at radius 2 is 1.80 bits per heavy atom. The highest BCUT2D eigenvalue weighted by molar-refractivity contribution is 5.92. The number of rotatable bonds is 5. The van der Waals surface area contributed by atoms with Crippen LogP contribution in [0.4, 0.5) is 0 Å². The molecule has 0 fully saturated rings. The zero-order valence-electron chi connectivity index (χ0n) is 16.0. The topological polar surface area (TPSA) is 3.01 Å². The summed E-state index contributed by atoms with van der Waals surface area (Å²) < 4.78 is 2.56. The van der Waals surface area contributed by atoms with Crippen molar-refractivity contribution in [3.05, 3.63) is 76.9 Å². The fourth-order valence-corrected chi connectivity index (χ4v) is 3.65. The highest BCUT2D eigenvalue weighted by Crippen LogP contribution is 2.30. The summed E-state index contributed by atoms with van der Waals surface area (Å²) in [6, 6.07) is 18.1. The van der Waals surface area contributed by atoms with Gasteiger partial charge in [-0.05, 0) is 35.8 Å². The first-order valence-electron chi connectivity index (χ1n) is 9.59. The van der Waals surface area contributed by atoms with E-state index >= 15 is 0 Å². The molecule has 0 radical (unpaired) electrons. The zero-order valence-corrected chi connectivity index (χ0v) is 16.0. The summed E-state index contributed by atoms with van der Waals surface area (Å²) in [6.45, 7) is 10.2. The molecule has 0 saturated heterocycles. The largest absolute Gasteiger partial charge is 0.229 e. The smallest absolute Gasteiger partial charge is 0.174 e. The Bertz CT molecular complexity index is 781. The second kappa shape index (κ2) is 7.82. The van der Waals surface area contributed by atoms with Crippen molar-refractivity contribution < 1.29 is 4.58 Å². The van der Waals surface area contributed by atoms with E-state index in [2.05, 4.69) is 93.1 Å². The molecule has 1 heterocycles. The second-order valence-corrected chi connectivity index (χ2v) is 7.49. The van der Waals surface area contributed by atoms with E-state index in [0.29, 0.717) is 12.0 Å². The third kappa shape index (κ3) is 3.92. The zero-order chi connectivity index (χ0) is 17.8. The van der Waals surface area contributed by atoms with Crippen LogP contribution in [0.25, 0.3) is 5.57 Å². The summed E-state index contributed by atoms with van der Waals surface area (Å²) in [5, 5.41) is 0. The Kier molecular flexibility index (Phi) is 5.53. The lowest BCUT2D eigenvalue weighted by Crippen LogP contribution is -2.31. The van der Waals surface area contributed by atoms with E-state index in [9.17, 15) is 0 Å². The highest BCUT2D eigenvalue weighted by atomic mass is 15.0. The molecule has 0 spiro atoms. The summed E-state index contributed by atoms with van der Waals surface area (Å²) in [5.74, 6) is 0.572. The van der Waals surface area contributed by atoms with Crippen molar-refractivity contribution in [2.24, 2.45) is 5.92 Å². The molecule has 2 aromatic carbocycles. The maximum Gasteiger partial charge on any atom is 0.174 e. The lowest BCUT2D eigenvalue weighted by atomic mass is 9.91. The van der Waals surface area contributed by atoms with Gasteiger partial charge in [-0.2, -0.15) is 0 Å². The Hall–Kier alpha value is -2.15. The standard InChI is InChI=1S/C24H30N/c1-5-6-14-25-17-21-15-19(4)12-13-22(21)23(16-24(25)18(2)3)20-10-8-7-9-11-20/h7-13,15-18,24H,5-6,14H2,1-4H3/q+1. The fourth-order valence-electron chi connectivity index (χ4n) is 3.65. The lowest BCUT2D eigenvalue weighted by molar-refractivity contribution is -0.557. The van der Waals surface area contributed by atoms with Crippen LogP contribution in [0, 0.1) is 12.8 Å². The van der Waals surface area contributed by atoms with Crippen LogP contribution in [0.15, 0.2) is 54.6 Å². The summed E-state index contributed by atoms with van der Waals surface area (Å²) in [4.78, 5) is 0.